The second-order valence-electron chi connectivity index (χ2n) is 7.69. The van der Waals surface area contributed by atoms with Gasteiger partial charge in [-0.1, -0.05) is 18.2 Å². The third kappa shape index (κ3) is 4.99. The van der Waals surface area contributed by atoms with Crippen LogP contribution in [0.2, 0.25) is 0 Å². The number of ether oxygens (including phenoxy) is 2. The summed E-state index contributed by atoms with van der Waals surface area (Å²) in [6.45, 7) is 1.90. The highest BCUT2D eigenvalue weighted by Gasteiger charge is 2.26. The van der Waals surface area contributed by atoms with Gasteiger partial charge in [-0.25, -0.2) is 4.21 Å². The highest BCUT2D eigenvalue weighted by atomic mass is 32.2. The number of fused-ring (bicyclic) bond motifs is 1. The van der Waals surface area contributed by atoms with Crippen LogP contribution in [0, 0.1) is 5.92 Å². The zero-order chi connectivity index (χ0) is 21.8. The van der Waals surface area contributed by atoms with Gasteiger partial charge >= 0.3 is 0 Å². The van der Waals surface area contributed by atoms with Gasteiger partial charge in [0.1, 0.15) is 17.3 Å². The summed E-state index contributed by atoms with van der Waals surface area (Å²) in [7, 11) is 1.62. The molecule has 2 aliphatic heterocycles. The highest BCUT2D eigenvalue weighted by Crippen LogP contribution is 2.30. The van der Waals surface area contributed by atoms with Crippen LogP contribution in [-0.2, 0) is 22.4 Å². The molecule has 0 radical (unpaired) electrons. The number of methoxy groups -OCH3 is 1. The number of carbonyl (C=O) groups excluding carboxylic acids is 1. The molecule has 164 valence electrons. The number of likely N-dealkylation sites (tertiary alicyclic amines) is 1. The van der Waals surface area contributed by atoms with Crippen LogP contribution in [0.5, 0.6) is 11.5 Å². The number of nitrogens with zero attached hydrogens (tertiary/aromatic N) is 2. The number of nitrogens with two attached hydrogens (primary N) is 1. The van der Waals surface area contributed by atoms with Gasteiger partial charge in [-0.2, -0.15) is 4.40 Å². The van der Waals surface area contributed by atoms with E-state index in [-0.39, 0.29) is 17.7 Å². The van der Waals surface area contributed by atoms with E-state index in [1.54, 1.807) is 13.2 Å². The molecular weight excluding hydrogens is 416 g/mol. The number of anilines is 1. The first-order valence-corrected chi connectivity index (χ1v) is 11.3. The van der Waals surface area contributed by atoms with Crippen LogP contribution in [0.1, 0.15) is 24.0 Å². The maximum Gasteiger partial charge on any atom is 0.245 e. The van der Waals surface area contributed by atoms with E-state index in [2.05, 4.69) is 9.12 Å². The standard InChI is InChI=1S/C22H26N4O4S/c1-29-17-9-7-15(8-10-17)12-20(27)26-11-3-4-16(13-26)14-30-19-6-2-5-18-21(19)22(23)25-31(28)24-18/h2,5-10,16,24H,3-4,11-14H2,1H3,(H2,23,25). The van der Waals surface area contributed by atoms with Crippen LogP contribution in [0.15, 0.2) is 46.9 Å². The van der Waals surface area contributed by atoms with Crippen molar-refractivity contribution < 1.29 is 18.5 Å². The number of amidine groups is 1. The summed E-state index contributed by atoms with van der Waals surface area (Å²) in [5.74, 6) is 1.93. The topological polar surface area (TPSA) is 106 Å². The Morgan fingerprint density at radius 3 is 2.87 bits per heavy atom. The Balaban J connectivity index is 1.36. The van der Waals surface area contributed by atoms with Crippen molar-refractivity contribution in [1.29, 1.82) is 0 Å². The molecule has 9 heteroatoms. The summed E-state index contributed by atoms with van der Waals surface area (Å²) < 4.78 is 29.6. The van der Waals surface area contributed by atoms with Gasteiger partial charge in [0.2, 0.25) is 17.1 Å². The van der Waals surface area contributed by atoms with Gasteiger partial charge in [0.15, 0.2) is 0 Å². The largest absolute Gasteiger partial charge is 0.497 e. The number of hydrogen-bond donors (Lipinski definition) is 2. The van der Waals surface area contributed by atoms with E-state index < -0.39 is 11.2 Å². The average Bonchev–Trinajstić information content (AvgIpc) is 2.78. The Hall–Kier alpha value is -3.07. The lowest BCUT2D eigenvalue weighted by molar-refractivity contribution is -0.132. The first-order chi connectivity index (χ1) is 15.0. The van der Waals surface area contributed by atoms with Crippen LogP contribution in [0.3, 0.4) is 0 Å². The number of piperidine rings is 1. The number of carbonyl (C=O) groups is 1. The molecule has 1 fully saturated rings. The molecule has 0 spiro atoms. The summed E-state index contributed by atoms with van der Waals surface area (Å²) >= 11 is -1.57. The van der Waals surface area contributed by atoms with Crippen LogP contribution in [0.25, 0.3) is 0 Å². The number of benzene rings is 2. The van der Waals surface area contributed by atoms with Gasteiger partial charge < -0.3 is 20.1 Å². The van der Waals surface area contributed by atoms with E-state index in [1.165, 1.54) is 0 Å². The monoisotopic (exact) mass is 442 g/mol. The molecule has 4 rings (SSSR count). The third-order valence-corrected chi connectivity index (χ3v) is 6.28. The van der Waals surface area contributed by atoms with Gasteiger partial charge in [0.25, 0.3) is 0 Å². The third-order valence-electron chi connectivity index (χ3n) is 5.52. The lowest BCUT2D eigenvalue weighted by atomic mass is 9.98. The zero-order valence-electron chi connectivity index (χ0n) is 17.4. The van der Waals surface area contributed by atoms with Crippen molar-refractivity contribution in [2.45, 2.75) is 19.3 Å². The van der Waals surface area contributed by atoms with E-state index in [1.807, 2.05) is 41.3 Å². The van der Waals surface area contributed by atoms with Crippen LogP contribution >= 0.6 is 0 Å². The van der Waals surface area contributed by atoms with Gasteiger partial charge in [0.05, 0.1) is 31.4 Å². The number of rotatable bonds is 6. The van der Waals surface area contributed by atoms with Crippen LogP contribution in [0.4, 0.5) is 5.69 Å². The second kappa shape index (κ2) is 9.38. The molecule has 31 heavy (non-hydrogen) atoms. The molecule has 1 saturated heterocycles. The molecule has 2 atom stereocenters. The lowest BCUT2D eigenvalue weighted by Gasteiger charge is -2.33. The van der Waals surface area contributed by atoms with E-state index in [9.17, 15) is 9.00 Å². The van der Waals surface area contributed by atoms with Crippen molar-refractivity contribution in [1.82, 2.24) is 4.90 Å². The molecule has 2 aromatic carbocycles. The normalized spacial score (nSPS) is 20.3. The molecule has 0 aromatic heterocycles. The van der Waals surface area contributed by atoms with Crippen molar-refractivity contribution in [2.75, 3.05) is 31.5 Å². The van der Waals surface area contributed by atoms with Crippen molar-refractivity contribution in [3.63, 3.8) is 0 Å². The molecule has 2 aromatic rings. The molecule has 3 N–H and O–H groups in total. The molecular formula is C22H26N4O4S. The summed E-state index contributed by atoms with van der Waals surface area (Å²) in [4.78, 5) is 14.7. The van der Waals surface area contributed by atoms with Gasteiger partial charge in [-0.15, -0.1) is 0 Å². The van der Waals surface area contributed by atoms with E-state index in [0.717, 1.165) is 30.7 Å². The maximum atomic E-state index is 12.8. The van der Waals surface area contributed by atoms with Crippen LogP contribution < -0.4 is 19.9 Å². The smallest absolute Gasteiger partial charge is 0.245 e. The van der Waals surface area contributed by atoms with E-state index in [4.69, 9.17) is 15.2 Å². The fourth-order valence-corrected chi connectivity index (χ4v) is 4.59. The zero-order valence-corrected chi connectivity index (χ0v) is 18.2. The number of amides is 1. The Morgan fingerprint density at radius 1 is 1.29 bits per heavy atom. The fraction of sp³-hybridized carbons (Fsp3) is 0.364. The Morgan fingerprint density at radius 2 is 2.10 bits per heavy atom. The van der Waals surface area contributed by atoms with Crippen molar-refractivity contribution >= 4 is 28.6 Å². The first-order valence-electron chi connectivity index (χ1n) is 10.2. The maximum absolute atomic E-state index is 12.8. The molecule has 2 unspecified atom stereocenters. The lowest BCUT2D eigenvalue weighted by Crippen LogP contribution is -2.42. The van der Waals surface area contributed by atoms with Gasteiger partial charge in [-0.05, 0) is 42.7 Å². The van der Waals surface area contributed by atoms with E-state index >= 15 is 0 Å². The summed E-state index contributed by atoms with van der Waals surface area (Å²) in [5, 5.41) is 0. The van der Waals surface area contributed by atoms with Crippen molar-refractivity contribution in [3.05, 3.63) is 53.6 Å². The predicted molar refractivity (Wildman–Crippen MR) is 120 cm³/mol. The van der Waals surface area contributed by atoms with Crippen molar-refractivity contribution in [2.24, 2.45) is 16.0 Å². The number of nitrogens with one attached hydrogen (secondary N) is 1. The number of hydrogen-bond acceptors (Lipinski definition) is 5. The minimum absolute atomic E-state index is 0.120. The minimum Gasteiger partial charge on any atom is -0.497 e. The fourth-order valence-electron chi connectivity index (χ4n) is 3.92. The van der Waals surface area contributed by atoms with Gasteiger partial charge in [0, 0.05) is 19.0 Å². The Labute approximate surface area is 184 Å². The molecule has 2 heterocycles. The molecule has 8 nitrogen and oxygen atoms in total. The second-order valence-corrected chi connectivity index (χ2v) is 8.58. The molecule has 0 bridgehead atoms. The summed E-state index contributed by atoms with van der Waals surface area (Å²) in [6, 6.07) is 13.0. The molecule has 1 amide bonds. The SMILES string of the molecule is COc1ccc(CC(=O)N2CCCC(COc3cccc4c3C(N)=NS(=O)N4)C2)cc1. The summed E-state index contributed by atoms with van der Waals surface area (Å²) in [6.07, 6.45) is 2.31. The average molecular weight is 443 g/mol. The molecule has 2 aliphatic rings. The quantitative estimate of drug-likeness (QED) is 0.714. The Kier molecular flexibility index (Phi) is 6.41. The van der Waals surface area contributed by atoms with Gasteiger partial charge in [-0.3, -0.25) is 9.52 Å². The molecule has 0 saturated carbocycles. The first kappa shape index (κ1) is 21.2. The Bertz CT molecular complexity index is 1010. The minimum atomic E-state index is -1.57. The highest BCUT2D eigenvalue weighted by molar-refractivity contribution is 7.85. The van der Waals surface area contributed by atoms with Crippen LogP contribution in [-0.4, -0.2) is 47.7 Å². The predicted octanol–water partition coefficient (Wildman–Crippen LogP) is 2.26. The molecule has 0 aliphatic carbocycles. The van der Waals surface area contributed by atoms with Crippen molar-refractivity contribution in [3.8, 4) is 11.5 Å². The summed E-state index contributed by atoms with van der Waals surface area (Å²) in [5.41, 5.74) is 8.22. The van der Waals surface area contributed by atoms with E-state index in [0.29, 0.717) is 36.6 Å².